The molecule has 0 spiro atoms. The van der Waals surface area contributed by atoms with Crippen LogP contribution < -0.4 is 0 Å². The Labute approximate surface area is 57.2 Å². The van der Waals surface area contributed by atoms with Crippen molar-refractivity contribution in [2.24, 2.45) is 11.3 Å². The fourth-order valence-corrected chi connectivity index (χ4v) is 0.694. The summed E-state index contributed by atoms with van der Waals surface area (Å²) >= 11 is 5.64. The molecule has 0 aliphatic heterocycles. The van der Waals surface area contributed by atoms with Crippen molar-refractivity contribution in [2.45, 2.75) is 27.7 Å². The van der Waals surface area contributed by atoms with Crippen molar-refractivity contribution in [1.82, 2.24) is 0 Å². The lowest BCUT2D eigenvalue weighted by Gasteiger charge is -2.24. The minimum atomic E-state index is 0.377. The van der Waals surface area contributed by atoms with Crippen LogP contribution in [0, 0.1) is 11.3 Å². The van der Waals surface area contributed by atoms with Gasteiger partial charge in [0.25, 0.3) is 0 Å². The van der Waals surface area contributed by atoms with Crippen LogP contribution in [-0.2, 0) is 0 Å². The molecule has 0 saturated carbocycles. The van der Waals surface area contributed by atoms with Gasteiger partial charge in [-0.3, -0.25) is 0 Å². The smallest absolute Gasteiger partial charge is 0.0254 e. The van der Waals surface area contributed by atoms with Crippen LogP contribution in [-0.4, -0.2) is 5.88 Å². The number of alkyl halides is 1. The Morgan fingerprint density at radius 3 is 1.75 bits per heavy atom. The maximum atomic E-state index is 5.64. The molecule has 0 aromatic heterocycles. The Kier molecular flexibility index (Phi) is 2.82. The molecule has 1 unspecified atom stereocenters. The third-order valence-electron chi connectivity index (χ3n) is 1.71. The molecular formula is C7H15Cl. The molecule has 0 radical (unpaired) electrons. The van der Waals surface area contributed by atoms with Crippen LogP contribution >= 0.6 is 11.6 Å². The minimum Gasteiger partial charge on any atom is -0.126 e. The van der Waals surface area contributed by atoms with Gasteiger partial charge in [0.05, 0.1) is 0 Å². The molecule has 0 nitrogen and oxygen atoms in total. The van der Waals surface area contributed by atoms with E-state index in [9.17, 15) is 0 Å². The minimum absolute atomic E-state index is 0.377. The van der Waals surface area contributed by atoms with Gasteiger partial charge < -0.3 is 0 Å². The van der Waals surface area contributed by atoms with E-state index in [1.54, 1.807) is 0 Å². The van der Waals surface area contributed by atoms with Crippen molar-refractivity contribution >= 4 is 11.6 Å². The van der Waals surface area contributed by atoms with E-state index in [1.165, 1.54) is 0 Å². The van der Waals surface area contributed by atoms with Crippen molar-refractivity contribution in [2.75, 3.05) is 5.88 Å². The van der Waals surface area contributed by atoms with Crippen molar-refractivity contribution in [3.8, 4) is 0 Å². The van der Waals surface area contributed by atoms with E-state index in [1.807, 2.05) is 0 Å². The second-order valence-electron chi connectivity index (χ2n) is 3.42. The summed E-state index contributed by atoms with van der Waals surface area (Å²) in [5.74, 6) is 1.38. The zero-order chi connectivity index (χ0) is 6.78. The molecule has 0 aromatic rings. The first kappa shape index (κ1) is 8.29. The Hall–Kier alpha value is 0.290. The maximum absolute atomic E-state index is 5.64. The van der Waals surface area contributed by atoms with Gasteiger partial charge in [0.1, 0.15) is 0 Å². The highest BCUT2D eigenvalue weighted by molar-refractivity contribution is 6.18. The molecule has 0 saturated heterocycles. The molecule has 0 fully saturated rings. The summed E-state index contributed by atoms with van der Waals surface area (Å²) in [6.07, 6.45) is 0. The highest BCUT2D eigenvalue weighted by Gasteiger charge is 2.17. The van der Waals surface area contributed by atoms with E-state index in [2.05, 4.69) is 27.7 Å². The number of hydrogen-bond acceptors (Lipinski definition) is 0. The zero-order valence-corrected chi connectivity index (χ0v) is 6.92. The monoisotopic (exact) mass is 134 g/mol. The fraction of sp³-hybridized carbons (Fsp3) is 1.00. The van der Waals surface area contributed by atoms with Crippen LogP contribution in [0.15, 0.2) is 0 Å². The van der Waals surface area contributed by atoms with Gasteiger partial charge in [-0.1, -0.05) is 27.7 Å². The van der Waals surface area contributed by atoms with Crippen molar-refractivity contribution in [3.63, 3.8) is 0 Å². The van der Waals surface area contributed by atoms with Gasteiger partial charge in [-0.25, -0.2) is 0 Å². The average Bonchev–Trinajstić information content (AvgIpc) is 1.62. The summed E-state index contributed by atoms with van der Waals surface area (Å²) in [7, 11) is 0. The normalized spacial score (nSPS) is 16.1. The van der Waals surface area contributed by atoms with Crippen LogP contribution in [0.3, 0.4) is 0 Å². The standard InChI is InChI=1S/C7H15Cl/c1-6(5-8)7(2,3)4/h6H,5H2,1-4H3. The van der Waals surface area contributed by atoms with E-state index in [-0.39, 0.29) is 0 Å². The van der Waals surface area contributed by atoms with Gasteiger partial charge in [-0.05, 0) is 11.3 Å². The first-order chi connectivity index (χ1) is 3.48. The van der Waals surface area contributed by atoms with Crippen LogP contribution in [0.4, 0.5) is 0 Å². The molecule has 8 heavy (non-hydrogen) atoms. The molecule has 0 N–H and O–H groups in total. The van der Waals surface area contributed by atoms with Gasteiger partial charge in [0, 0.05) is 5.88 Å². The van der Waals surface area contributed by atoms with Crippen molar-refractivity contribution in [3.05, 3.63) is 0 Å². The average molecular weight is 135 g/mol. The zero-order valence-electron chi connectivity index (χ0n) is 6.16. The summed E-state index contributed by atoms with van der Waals surface area (Å²) in [5.41, 5.74) is 0.377. The van der Waals surface area contributed by atoms with Gasteiger partial charge in [0.2, 0.25) is 0 Å². The highest BCUT2D eigenvalue weighted by Crippen LogP contribution is 2.25. The molecule has 50 valence electrons. The number of hydrogen-bond donors (Lipinski definition) is 0. The Balaban J connectivity index is 3.62. The maximum Gasteiger partial charge on any atom is 0.0254 e. The summed E-state index contributed by atoms with van der Waals surface area (Å²) in [6.45, 7) is 8.80. The predicted molar refractivity (Wildman–Crippen MR) is 39.3 cm³/mol. The van der Waals surface area contributed by atoms with E-state index >= 15 is 0 Å². The quantitative estimate of drug-likeness (QED) is 0.484. The van der Waals surface area contributed by atoms with E-state index in [0.717, 1.165) is 5.88 Å². The van der Waals surface area contributed by atoms with Crippen LogP contribution in [0.5, 0.6) is 0 Å². The van der Waals surface area contributed by atoms with Gasteiger partial charge in [-0.2, -0.15) is 0 Å². The van der Waals surface area contributed by atoms with E-state index < -0.39 is 0 Å². The molecule has 0 rings (SSSR count). The summed E-state index contributed by atoms with van der Waals surface area (Å²) in [6, 6.07) is 0. The topological polar surface area (TPSA) is 0 Å². The molecule has 0 amide bonds. The molecule has 0 aliphatic rings. The first-order valence-corrected chi connectivity index (χ1v) is 3.58. The van der Waals surface area contributed by atoms with Crippen molar-refractivity contribution < 1.29 is 0 Å². The lowest BCUT2D eigenvalue weighted by molar-refractivity contribution is 0.287. The lowest BCUT2D eigenvalue weighted by Crippen LogP contribution is -2.18. The SMILES string of the molecule is CC(CCl)C(C)(C)C. The largest absolute Gasteiger partial charge is 0.126 e. The molecule has 1 atom stereocenters. The van der Waals surface area contributed by atoms with Gasteiger partial charge in [-0.15, -0.1) is 11.6 Å². The molecule has 0 heterocycles. The Morgan fingerprint density at radius 1 is 1.38 bits per heavy atom. The first-order valence-electron chi connectivity index (χ1n) is 3.04. The molecule has 0 aliphatic carbocycles. The Bertz CT molecular complexity index is 61.3. The lowest BCUT2D eigenvalue weighted by atomic mass is 9.83. The number of halogens is 1. The second-order valence-corrected chi connectivity index (χ2v) is 3.73. The highest BCUT2D eigenvalue weighted by atomic mass is 35.5. The van der Waals surface area contributed by atoms with Crippen molar-refractivity contribution in [1.29, 1.82) is 0 Å². The van der Waals surface area contributed by atoms with Crippen LogP contribution in [0.2, 0.25) is 0 Å². The summed E-state index contributed by atoms with van der Waals surface area (Å²) < 4.78 is 0. The Morgan fingerprint density at radius 2 is 1.75 bits per heavy atom. The molecule has 1 heteroatoms. The second kappa shape index (κ2) is 2.72. The number of rotatable bonds is 1. The van der Waals surface area contributed by atoms with Crippen LogP contribution in [0.25, 0.3) is 0 Å². The molecule has 0 bridgehead atoms. The van der Waals surface area contributed by atoms with Gasteiger partial charge in [0.15, 0.2) is 0 Å². The van der Waals surface area contributed by atoms with Crippen LogP contribution in [0.1, 0.15) is 27.7 Å². The molecule has 0 aromatic carbocycles. The third-order valence-corrected chi connectivity index (χ3v) is 2.17. The van der Waals surface area contributed by atoms with Gasteiger partial charge >= 0.3 is 0 Å². The molecular weight excluding hydrogens is 120 g/mol. The predicted octanol–water partition coefficient (Wildman–Crippen LogP) is 2.91. The third kappa shape index (κ3) is 2.56. The fourth-order valence-electron chi connectivity index (χ4n) is 0.231. The summed E-state index contributed by atoms with van der Waals surface area (Å²) in [5, 5.41) is 0. The van der Waals surface area contributed by atoms with E-state index in [4.69, 9.17) is 11.6 Å². The summed E-state index contributed by atoms with van der Waals surface area (Å²) in [4.78, 5) is 0. The van der Waals surface area contributed by atoms with E-state index in [0.29, 0.717) is 11.3 Å².